The van der Waals surface area contributed by atoms with Crippen molar-refractivity contribution in [1.82, 2.24) is 0 Å². The molecule has 3 rings (SSSR count). The van der Waals surface area contributed by atoms with Gasteiger partial charge in [-0.2, -0.15) is 23.3 Å². The Hall–Kier alpha value is -4.26. The molecular weight excluding hydrogens is 441 g/mol. The molecule has 0 aromatic heterocycles. The zero-order chi connectivity index (χ0) is 24.2. The van der Waals surface area contributed by atoms with E-state index in [4.69, 9.17) is 21.0 Å². The normalized spacial score (nSPS) is 14.8. The summed E-state index contributed by atoms with van der Waals surface area (Å²) in [5.41, 5.74) is -2.20. The molecule has 170 valence electrons. The maximum absolute atomic E-state index is 13.7. The van der Waals surface area contributed by atoms with E-state index in [1.54, 1.807) is 6.92 Å². The average molecular weight is 458 g/mol. The van der Waals surface area contributed by atoms with Crippen LogP contribution >= 0.6 is 0 Å². The number of alkyl halides is 3. The van der Waals surface area contributed by atoms with Gasteiger partial charge in [0.25, 0.3) is 5.91 Å². The molecule has 0 spiro atoms. The first-order valence-corrected chi connectivity index (χ1v) is 9.54. The number of anilines is 1. The largest absolute Gasteiger partial charge is 0.490 e. The van der Waals surface area contributed by atoms with Crippen molar-refractivity contribution < 1.29 is 37.3 Å². The number of hydrogen-bond donors (Lipinski definition) is 1. The van der Waals surface area contributed by atoms with Crippen molar-refractivity contribution in [3.05, 3.63) is 59.2 Å². The minimum Gasteiger partial charge on any atom is -0.490 e. The second kappa shape index (κ2) is 9.48. The molecule has 2 aromatic rings. The molecule has 10 heteroatoms. The zero-order valence-electron chi connectivity index (χ0n) is 17.2. The van der Waals surface area contributed by atoms with Crippen molar-refractivity contribution >= 4 is 29.4 Å². The Morgan fingerprint density at radius 3 is 2.61 bits per heavy atom. The van der Waals surface area contributed by atoms with Crippen LogP contribution in [0.25, 0.3) is 6.08 Å². The lowest BCUT2D eigenvalue weighted by Crippen LogP contribution is -2.25. The molecule has 0 saturated carbocycles. The Morgan fingerprint density at radius 2 is 1.97 bits per heavy atom. The third-order valence-corrected chi connectivity index (χ3v) is 4.37. The van der Waals surface area contributed by atoms with Gasteiger partial charge in [-0.1, -0.05) is 18.1 Å². The highest BCUT2D eigenvalue weighted by atomic mass is 19.4. The summed E-state index contributed by atoms with van der Waals surface area (Å²) < 4.78 is 51.9. The Labute approximate surface area is 186 Å². The third-order valence-electron chi connectivity index (χ3n) is 4.37. The van der Waals surface area contributed by atoms with Crippen molar-refractivity contribution in [2.75, 3.05) is 18.2 Å². The van der Waals surface area contributed by atoms with Crippen LogP contribution in [0.15, 0.2) is 53.1 Å². The predicted molar refractivity (Wildman–Crippen MR) is 114 cm³/mol. The fraction of sp³-hybridized carbons (Fsp3) is 0.174. The summed E-state index contributed by atoms with van der Waals surface area (Å²) in [5, 5.41) is 13.1. The van der Waals surface area contributed by atoms with Gasteiger partial charge in [0.15, 0.2) is 17.2 Å². The number of carboxylic acid groups (broad SMARTS) is 1. The van der Waals surface area contributed by atoms with Gasteiger partial charge in [-0.05, 0) is 48.9 Å². The lowest BCUT2D eigenvalue weighted by atomic mass is 10.1. The molecule has 1 amide bonds. The quantitative estimate of drug-likeness (QED) is 0.498. The van der Waals surface area contributed by atoms with E-state index in [2.05, 4.69) is 11.0 Å². The molecule has 0 atom stereocenters. The van der Waals surface area contributed by atoms with E-state index in [9.17, 15) is 22.8 Å². The molecule has 1 aliphatic rings. The number of nitrogens with zero attached hydrogens (tertiary/aromatic N) is 2. The van der Waals surface area contributed by atoms with Gasteiger partial charge in [-0.15, -0.1) is 6.42 Å². The van der Waals surface area contributed by atoms with Gasteiger partial charge in [0.05, 0.1) is 23.4 Å². The number of benzene rings is 2. The summed E-state index contributed by atoms with van der Waals surface area (Å²) in [4.78, 5) is 24.1. The molecule has 33 heavy (non-hydrogen) atoms. The number of carbonyl (C=O) groups excluding carboxylic acids is 1. The molecule has 7 nitrogen and oxygen atoms in total. The van der Waals surface area contributed by atoms with E-state index in [1.165, 1.54) is 36.4 Å². The van der Waals surface area contributed by atoms with Crippen LogP contribution in [0.4, 0.5) is 18.9 Å². The molecular formula is C23H17F3N2O5. The van der Waals surface area contributed by atoms with E-state index >= 15 is 0 Å². The highest BCUT2D eigenvalue weighted by Crippen LogP contribution is 2.34. The van der Waals surface area contributed by atoms with Gasteiger partial charge < -0.3 is 14.6 Å². The van der Waals surface area contributed by atoms with Crippen molar-refractivity contribution in [3.8, 4) is 23.8 Å². The zero-order valence-corrected chi connectivity index (χ0v) is 17.2. The smallest absolute Gasteiger partial charge is 0.435 e. The first-order chi connectivity index (χ1) is 15.7. The first kappa shape index (κ1) is 23.4. The molecule has 1 heterocycles. The third kappa shape index (κ3) is 5.15. The Bertz CT molecular complexity index is 1200. The van der Waals surface area contributed by atoms with Gasteiger partial charge in [-0.3, -0.25) is 4.79 Å². The van der Waals surface area contributed by atoms with E-state index < -0.39 is 29.3 Å². The van der Waals surface area contributed by atoms with Gasteiger partial charge in [0, 0.05) is 0 Å². The second-order valence-corrected chi connectivity index (χ2v) is 6.61. The summed E-state index contributed by atoms with van der Waals surface area (Å²) in [6.07, 6.45) is 1.28. The lowest BCUT2D eigenvalue weighted by Gasteiger charge is -2.12. The number of carboxylic acids is 1. The highest BCUT2D eigenvalue weighted by molar-refractivity contribution is 6.34. The standard InChI is InChI=1S/C23H17F3N2O5/c1-3-10-33-18-9-8-14(12-19(18)32-4-2)11-17-20(23(24,25)26)27-28(21(17)29)16-7-5-6-15(13-16)22(30)31/h1,5-9,11-13H,4,10H2,2H3,(H,30,31). The Kier molecular flexibility index (Phi) is 6.72. The maximum atomic E-state index is 13.7. The van der Waals surface area contributed by atoms with E-state index in [0.717, 1.165) is 12.1 Å². The monoisotopic (exact) mass is 458 g/mol. The predicted octanol–water partition coefficient (Wildman–Crippen LogP) is 4.14. The molecule has 0 radical (unpaired) electrons. The minimum atomic E-state index is -4.93. The number of hydrazone groups is 1. The number of halogens is 3. The minimum absolute atomic E-state index is 0.0335. The molecule has 0 aliphatic carbocycles. The molecule has 0 fully saturated rings. The van der Waals surface area contributed by atoms with Gasteiger partial charge >= 0.3 is 12.1 Å². The van der Waals surface area contributed by atoms with Crippen molar-refractivity contribution in [2.24, 2.45) is 5.10 Å². The summed E-state index contributed by atoms with van der Waals surface area (Å²) in [5.74, 6) is 0.482. The number of hydrogen-bond acceptors (Lipinski definition) is 5. The number of aromatic carboxylic acids is 1. The second-order valence-electron chi connectivity index (χ2n) is 6.61. The molecule has 0 unspecified atom stereocenters. The van der Waals surface area contributed by atoms with Crippen LogP contribution in [0.5, 0.6) is 11.5 Å². The van der Waals surface area contributed by atoms with Crippen molar-refractivity contribution in [3.63, 3.8) is 0 Å². The summed E-state index contributed by atoms with van der Waals surface area (Å²) in [7, 11) is 0. The number of terminal acetylenes is 1. The van der Waals surface area contributed by atoms with Crippen LogP contribution in [-0.4, -0.2) is 42.1 Å². The van der Waals surface area contributed by atoms with E-state index in [-0.39, 0.29) is 35.8 Å². The summed E-state index contributed by atoms with van der Waals surface area (Å²) in [6, 6.07) is 9.22. The van der Waals surface area contributed by atoms with Crippen molar-refractivity contribution in [2.45, 2.75) is 13.1 Å². The number of amides is 1. The number of rotatable bonds is 7. The maximum Gasteiger partial charge on any atom is 0.435 e. The van der Waals surface area contributed by atoms with Gasteiger partial charge in [-0.25, -0.2) is 4.79 Å². The Balaban J connectivity index is 2.05. The lowest BCUT2D eigenvalue weighted by molar-refractivity contribution is -0.114. The molecule has 2 aromatic carbocycles. The van der Waals surface area contributed by atoms with Crippen LogP contribution < -0.4 is 14.5 Å². The summed E-state index contributed by atoms with van der Waals surface area (Å²) in [6.45, 7) is 1.94. The van der Waals surface area contributed by atoms with Crippen molar-refractivity contribution in [1.29, 1.82) is 0 Å². The van der Waals surface area contributed by atoms with Crippen LogP contribution in [-0.2, 0) is 4.79 Å². The van der Waals surface area contributed by atoms with Crippen LogP contribution in [0.1, 0.15) is 22.8 Å². The number of carbonyl (C=O) groups is 2. The molecule has 1 aliphatic heterocycles. The molecule has 1 N–H and O–H groups in total. The SMILES string of the molecule is C#CCOc1ccc(C=C2C(=O)N(c3cccc(C(=O)O)c3)N=C2C(F)(F)F)cc1OCC. The fourth-order valence-corrected chi connectivity index (χ4v) is 2.99. The van der Waals surface area contributed by atoms with E-state index in [1.807, 2.05) is 0 Å². The topological polar surface area (TPSA) is 88.4 Å². The fourth-order valence-electron chi connectivity index (χ4n) is 2.99. The van der Waals surface area contributed by atoms with Crippen LogP contribution in [0.3, 0.4) is 0 Å². The average Bonchev–Trinajstić information content (AvgIpc) is 3.10. The molecule has 0 bridgehead atoms. The Morgan fingerprint density at radius 1 is 1.21 bits per heavy atom. The summed E-state index contributed by atoms with van der Waals surface area (Å²) >= 11 is 0. The first-order valence-electron chi connectivity index (χ1n) is 9.54. The highest BCUT2D eigenvalue weighted by Gasteiger charge is 2.46. The van der Waals surface area contributed by atoms with E-state index in [0.29, 0.717) is 10.8 Å². The van der Waals surface area contributed by atoms with Gasteiger partial charge in [0.2, 0.25) is 0 Å². The van der Waals surface area contributed by atoms with Crippen LogP contribution in [0.2, 0.25) is 0 Å². The number of ether oxygens (including phenoxy) is 2. The molecule has 0 saturated heterocycles. The van der Waals surface area contributed by atoms with Gasteiger partial charge in [0.1, 0.15) is 6.61 Å². The van der Waals surface area contributed by atoms with Crippen LogP contribution in [0, 0.1) is 12.3 Å².